The van der Waals surface area contributed by atoms with Gasteiger partial charge in [-0.25, -0.2) is 4.98 Å². The summed E-state index contributed by atoms with van der Waals surface area (Å²) in [7, 11) is 0. The molecule has 0 fully saturated rings. The predicted octanol–water partition coefficient (Wildman–Crippen LogP) is 1.31. The molecule has 1 amide bonds. The number of aryl methyl sites for hydroxylation is 1. The molecule has 1 aromatic rings. The van der Waals surface area contributed by atoms with Gasteiger partial charge in [-0.3, -0.25) is 4.79 Å². The topological polar surface area (TPSA) is 68.0 Å². The molecule has 0 aliphatic carbocycles. The van der Waals surface area contributed by atoms with Crippen molar-refractivity contribution >= 4 is 11.7 Å². The number of carbonyl (C=O) groups is 1. The predicted molar refractivity (Wildman–Crippen MR) is 60.4 cm³/mol. The Labute approximate surface area is 89.9 Å². The van der Waals surface area contributed by atoms with Crippen LogP contribution in [0.2, 0.25) is 0 Å². The van der Waals surface area contributed by atoms with Crippen molar-refractivity contribution in [1.29, 1.82) is 0 Å². The van der Waals surface area contributed by atoms with Crippen LogP contribution in [-0.4, -0.2) is 16.9 Å². The van der Waals surface area contributed by atoms with E-state index in [1.165, 1.54) is 0 Å². The van der Waals surface area contributed by atoms with E-state index in [0.717, 1.165) is 5.56 Å². The van der Waals surface area contributed by atoms with Crippen LogP contribution in [0.25, 0.3) is 0 Å². The molecule has 0 saturated carbocycles. The summed E-state index contributed by atoms with van der Waals surface area (Å²) in [6.07, 6.45) is 1.64. The third kappa shape index (κ3) is 3.02. The monoisotopic (exact) mass is 207 g/mol. The SMILES string of the molecule is Cc1cccnc1NC(=O)C(N)C(C)C. The third-order valence-corrected chi connectivity index (χ3v) is 2.27. The summed E-state index contributed by atoms with van der Waals surface area (Å²) in [5.41, 5.74) is 6.65. The van der Waals surface area contributed by atoms with Crippen LogP contribution in [0, 0.1) is 12.8 Å². The van der Waals surface area contributed by atoms with Crippen LogP contribution in [-0.2, 0) is 4.79 Å². The average molecular weight is 207 g/mol. The van der Waals surface area contributed by atoms with E-state index in [1.54, 1.807) is 6.20 Å². The molecule has 4 heteroatoms. The first kappa shape index (κ1) is 11.7. The van der Waals surface area contributed by atoms with E-state index in [4.69, 9.17) is 5.73 Å². The molecule has 0 spiro atoms. The zero-order chi connectivity index (χ0) is 11.4. The van der Waals surface area contributed by atoms with Gasteiger partial charge in [-0.2, -0.15) is 0 Å². The zero-order valence-corrected chi connectivity index (χ0v) is 9.32. The molecular formula is C11H17N3O. The molecule has 15 heavy (non-hydrogen) atoms. The molecule has 0 aliphatic heterocycles. The first-order valence-electron chi connectivity index (χ1n) is 5.00. The molecule has 1 aromatic heterocycles. The maximum absolute atomic E-state index is 11.6. The minimum atomic E-state index is -0.494. The van der Waals surface area contributed by atoms with Crippen molar-refractivity contribution in [3.8, 4) is 0 Å². The molecule has 1 unspecified atom stereocenters. The highest BCUT2D eigenvalue weighted by molar-refractivity contribution is 5.94. The number of nitrogens with two attached hydrogens (primary N) is 1. The minimum absolute atomic E-state index is 0.119. The third-order valence-electron chi connectivity index (χ3n) is 2.27. The van der Waals surface area contributed by atoms with E-state index in [0.29, 0.717) is 5.82 Å². The fourth-order valence-corrected chi connectivity index (χ4v) is 1.12. The summed E-state index contributed by atoms with van der Waals surface area (Å²) >= 11 is 0. The first-order valence-corrected chi connectivity index (χ1v) is 5.00. The van der Waals surface area contributed by atoms with E-state index >= 15 is 0 Å². The lowest BCUT2D eigenvalue weighted by Gasteiger charge is -2.15. The highest BCUT2D eigenvalue weighted by Gasteiger charge is 2.17. The molecule has 3 N–H and O–H groups in total. The number of rotatable bonds is 3. The summed E-state index contributed by atoms with van der Waals surface area (Å²) in [5, 5.41) is 2.72. The van der Waals surface area contributed by atoms with Gasteiger partial charge in [0, 0.05) is 6.20 Å². The molecule has 1 rings (SSSR count). The number of anilines is 1. The fourth-order valence-electron chi connectivity index (χ4n) is 1.12. The van der Waals surface area contributed by atoms with Gasteiger partial charge in [-0.15, -0.1) is 0 Å². The number of nitrogens with one attached hydrogen (secondary N) is 1. The molecule has 1 atom stereocenters. The molecule has 82 valence electrons. The Morgan fingerprint density at radius 3 is 2.73 bits per heavy atom. The van der Waals surface area contributed by atoms with Crippen LogP contribution in [0.15, 0.2) is 18.3 Å². The van der Waals surface area contributed by atoms with Gasteiger partial charge in [-0.05, 0) is 24.5 Å². The molecule has 0 aliphatic rings. The van der Waals surface area contributed by atoms with Crippen LogP contribution in [0.4, 0.5) is 5.82 Å². The van der Waals surface area contributed by atoms with Crippen molar-refractivity contribution in [3.05, 3.63) is 23.9 Å². The number of carbonyl (C=O) groups excluding carboxylic acids is 1. The van der Waals surface area contributed by atoms with Gasteiger partial charge in [-0.1, -0.05) is 19.9 Å². The van der Waals surface area contributed by atoms with Crippen LogP contribution in [0.1, 0.15) is 19.4 Å². The lowest BCUT2D eigenvalue weighted by atomic mass is 10.1. The number of nitrogens with zero attached hydrogens (tertiary/aromatic N) is 1. The lowest BCUT2D eigenvalue weighted by Crippen LogP contribution is -2.40. The standard InChI is InChI=1S/C11H17N3O/c1-7(2)9(12)11(15)14-10-8(3)5-4-6-13-10/h4-7,9H,12H2,1-3H3,(H,13,14,15). The van der Waals surface area contributed by atoms with E-state index in [1.807, 2.05) is 32.9 Å². The van der Waals surface area contributed by atoms with Gasteiger partial charge >= 0.3 is 0 Å². The van der Waals surface area contributed by atoms with Gasteiger partial charge in [0.2, 0.25) is 5.91 Å². The number of hydrogen-bond donors (Lipinski definition) is 2. The van der Waals surface area contributed by atoms with Crippen LogP contribution < -0.4 is 11.1 Å². The summed E-state index contributed by atoms with van der Waals surface area (Å²) < 4.78 is 0. The summed E-state index contributed by atoms with van der Waals surface area (Å²) in [5.74, 6) is 0.513. The van der Waals surface area contributed by atoms with Gasteiger partial charge < -0.3 is 11.1 Å². The molecule has 0 radical (unpaired) electrons. The number of amides is 1. The van der Waals surface area contributed by atoms with Gasteiger partial charge in [0.05, 0.1) is 6.04 Å². The molecular weight excluding hydrogens is 190 g/mol. The Hall–Kier alpha value is -1.42. The van der Waals surface area contributed by atoms with E-state index in [2.05, 4.69) is 10.3 Å². The Morgan fingerprint density at radius 1 is 1.53 bits per heavy atom. The van der Waals surface area contributed by atoms with Crippen LogP contribution >= 0.6 is 0 Å². The molecule has 0 bridgehead atoms. The van der Waals surface area contributed by atoms with Crippen LogP contribution in [0.5, 0.6) is 0 Å². The Kier molecular flexibility index (Phi) is 3.80. The van der Waals surface area contributed by atoms with Crippen LogP contribution in [0.3, 0.4) is 0 Å². The van der Waals surface area contributed by atoms with E-state index < -0.39 is 6.04 Å². The van der Waals surface area contributed by atoms with Gasteiger partial charge in [0.1, 0.15) is 5.82 Å². The summed E-state index contributed by atoms with van der Waals surface area (Å²) in [4.78, 5) is 15.7. The Bertz CT molecular complexity index is 349. The maximum atomic E-state index is 11.6. The van der Waals surface area contributed by atoms with Gasteiger partial charge in [0.25, 0.3) is 0 Å². The van der Waals surface area contributed by atoms with Crippen molar-refractivity contribution in [2.45, 2.75) is 26.8 Å². The van der Waals surface area contributed by atoms with Crippen molar-refractivity contribution in [2.24, 2.45) is 11.7 Å². The number of aromatic nitrogens is 1. The Morgan fingerprint density at radius 2 is 2.20 bits per heavy atom. The molecule has 0 saturated heterocycles. The molecule has 1 heterocycles. The van der Waals surface area contributed by atoms with Crippen molar-refractivity contribution in [2.75, 3.05) is 5.32 Å². The lowest BCUT2D eigenvalue weighted by molar-refractivity contribution is -0.118. The summed E-state index contributed by atoms with van der Waals surface area (Å²) in [6.45, 7) is 5.72. The minimum Gasteiger partial charge on any atom is -0.320 e. The quantitative estimate of drug-likeness (QED) is 0.785. The largest absolute Gasteiger partial charge is 0.320 e. The van der Waals surface area contributed by atoms with E-state index in [-0.39, 0.29) is 11.8 Å². The smallest absolute Gasteiger partial charge is 0.242 e. The fraction of sp³-hybridized carbons (Fsp3) is 0.455. The second-order valence-corrected chi connectivity index (χ2v) is 3.93. The Balaban J connectivity index is 2.71. The van der Waals surface area contributed by atoms with Crippen molar-refractivity contribution < 1.29 is 4.79 Å². The zero-order valence-electron chi connectivity index (χ0n) is 9.32. The summed E-state index contributed by atoms with van der Waals surface area (Å²) in [6, 6.07) is 3.23. The van der Waals surface area contributed by atoms with Gasteiger partial charge in [0.15, 0.2) is 0 Å². The number of hydrogen-bond acceptors (Lipinski definition) is 3. The number of pyridine rings is 1. The maximum Gasteiger partial charge on any atom is 0.242 e. The second-order valence-electron chi connectivity index (χ2n) is 3.93. The second kappa shape index (κ2) is 4.89. The van der Waals surface area contributed by atoms with Crippen molar-refractivity contribution in [3.63, 3.8) is 0 Å². The molecule has 4 nitrogen and oxygen atoms in total. The average Bonchev–Trinajstić information content (AvgIpc) is 2.20. The highest BCUT2D eigenvalue weighted by atomic mass is 16.2. The highest BCUT2D eigenvalue weighted by Crippen LogP contribution is 2.10. The van der Waals surface area contributed by atoms with Crippen molar-refractivity contribution in [1.82, 2.24) is 4.98 Å². The first-order chi connectivity index (χ1) is 7.02. The normalized spacial score (nSPS) is 12.6. The molecule has 0 aromatic carbocycles. The van der Waals surface area contributed by atoms with E-state index in [9.17, 15) is 4.79 Å².